The molecule has 120 valence electrons. The number of nitrogens with zero attached hydrogens (tertiary/aromatic N) is 1. The molecular formula is C16H26Cl2NPd-. The van der Waals surface area contributed by atoms with Crippen molar-refractivity contribution in [3.8, 4) is 0 Å². The van der Waals surface area contributed by atoms with Crippen molar-refractivity contribution in [2.45, 2.75) is 39.5 Å². The van der Waals surface area contributed by atoms with Crippen LogP contribution in [0.15, 0.2) is 24.3 Å². The first-order valence-corrected chi connectivity index (χ1v) is 7.04. The summed E-state index contributed by atoms with van der Waals surface area (Å²) < 4.78 is 0. The molecule has 0 atom stereocenters. The first-order chi connectivity index (χ1) is 8.68. The molecule has 0 unspecified atom stereocenters. The fraction of sp³-hybridized carbons (Fsp3) is 0.500. The average Bonchev–Trinajstić information content (AvgIpc) is 2.30. The van der Waals surface area contributed by atoms with Crippen molar-refractivity contribution in [3.63, 3.8) is 0 Å². The minimum atomic E-state index is -0.287. The molecule has 0 radical (unpaired) electrons. The van der Waals surface area contributed by atoms with Crippen molar-refractivity contribution in [2.24, 2.45) is 0 Å². The normalized spacial score (nSPS) is 9.20. The van der Waals surface area contributed by atoms with Crippen LogP contribution in [0.4, 0.5) is 5.69 Å². The standard InChI is InChI=1S/C8H10N.C4H7Cl2.C4H9.Pd/c1-9(2)8-6-4-3-5-7-8;1-3(2)4(5)6;1-4(2)3;/h4-7H,1-2H3;4H,1-2H3;1-3H3;/q3*-1;+2. The molecule has 0 aromatic heterocycles. The van der Waals surface area contributed by atoms with E-state index in [1.807, 2.05) is 52.2 Å². The van der Waals surface area contributed by atoms with Gasteiger partial charge in [0.2, 0.25) is 0 Å². The van der Waals surface area contributed by atoms with E-state index in [0.29, 0.717) is 0 Å². The number of rotatable bonds is 2. The molecule has 0 saturated heterocycles. The van der Waals surface area contributed by atoms with Gasteiger partial charge in [0.05, 0.1) is 0 Å². The van der Waals surface area contributed by atoms with Crippen LogP contribution in [0.25, 0.3) is 0 Å². The predicted octanol–water partition coefficient (Wildman–Crippen LogP) is 5.58. The van der Waals surface area contributed by atoms with Crippen LogP contribution in [0, 0.1) is 17.9 Å². The van der Waals surface area contributed by atoms with Crippen LogP contribution in [0.5, 0.6) is 0 Å². The van der Waals surface area contributed by atoms with Gasteiger partial charge in [-0.05, 0) is 4.84 Å². The molecule has 0 bridgehead atoms. The number of alkyl halides is 2. The van der Waals surface area contributed by atoms with E-state index in [-0.39, 0.29) is 25.3 Å². The second-order valence-electron chi connectivity index (χ2n) is 5.03. The summed E-state index contributed by atoms with van der Waals surface area (Å²) in [6.45, 7) is 10.0. The number of benzene rings is 1. The molecule has 1 rings (SSSR count). The van der Waals surface area contributed by atoms with Crippen LogP contribution < -0.4 is 4.90 Å². The van der Waals surface area contributed by atoms with Gasteiger partial charge in [-0.3, -0.25) is 5.92 Å². The van der Waals surface area contributed by atoms with Crippen LogP contribution in [-0.4, -0.2) is 18.9 Å². The van der Waals surface area contributed by atoms with Gasteiger partial charge in [-0.15, -0.1) is 35.3 Å². The van der Waals surface area contributed by atoms with E-state index >= 15 is 0 Å². The quantitative estimate of drug-likeness (QED) is 0.350. The van der Waals surface area contributed by atoms with Gasteiger partial charge in [-0.1, -0.05) is 5.69 Å². The Balaban J connectivity index is -0.000000232. The van der Waals surface area contributed by atoms with Crippen molar-refractivity contribution in [2.75, 3.05) is 19.0 Å². The minimum Gasteiger partial charge on any atom is -0.399 e. The van der Waals surface area contributed by atoms with E-state index in [1.165, 1.54) is 11.6 Å². The summed E-state index contributed by atoms with van der Waals surface area (Å²) in [4.78, 5) is 1.78. The third kappa shape index (κ3) is 20.6. The molecule has 0 heterocycles. The fourth-order valence-corrected chi connectivity index (χ4v) is 0.676. The predicted molar refractivity (Wildman–Crippen MR) is 90.0 cm³/mol. The summed E-state index contributed by atoms with van der Waals surface area (Å²) in [5.74, 6) is 2.46. The largest absolute Gasteiger partial charge is 2.00 e. The van der Waals surface area contributed by atoms with Crippen LogP contribution in [-0.2, 0) is 20.4 Å². The Labute approximate surface area is 149 Å². The number of anilines is 1. The van der Waals surface area contributed by atoms with E-state index in [9.17, 15) is 0 Å². The Bertz CT molecular complexity index is 279. The second kappa shape index (κ2) is 15.6. The van der Waals surface area contributed by atoms with Crippen molar-refractivity contribution in [1.29, 1.82) is 0 Å². The molecule has 0 N–H and O–H groups in total. The van der Waals surface area contributed by atoms with Crippen LogP contribution >= 0.6 is 23.2 Å². The SMILES string of the molecule is CN(C)c1cc[c-]cc1.C[C-](C)C.C[C-](C)C(Cl)Cl.[Pd+2]. The Morgan fingerprint density at radius 2 is 1.30 bits per heavy atom. The molecule has 4 heteroatoms. The molecule has 0 fully saturated rings. The molecule has 0 spiro atoms. The Hall–Kier alpha value is 0.262. The van der Waals surface area contributed by atoms with Crippen LogP contribution in [0.1, 0.15) is 34.6 Å². The maximum Gasteiger partial charge on any atom is 2.00 e. The van der Waals surface area contributed by atoms with Crippen molar-refractivity contribution in [1.82, 2.24) is 0 Å². The van der Waals surface area contributed by atoms with Gasteiger partial charge in [0.1, 0.15) is 0 Å². The summed E-state index contributed by atoms with van der Waals surface area (Å²) in [6.07, 6.45) is 0. The monoisotopic (exact) mass is 408 g/mol. The zero-order chi connectivity index (χ0) is 15.4. The molecule has 0 amide bonds. The average molecular weight is 410 g/mol. The smallest absolute Gasteiger partial charge is 0.399 e. The van der Waals surface area contributed by atoms with E-state index in [1.54, 1.807) is 0 Å². The first-order valence-electron chi connectivity index (χ1n) is 6.16. The molecular weight excluding hydrogens is 384 g/mol. The summed E-state index contributed by atoms with van der Waals surface area (Å²) in [6, 6.07) is 10.8. The Morgan fingerprint density at radius 1 is 1.00 bits per heavy atom. The molecule has 1 nitrogen and oxygen atoms in total. The Kier molecular flexibility index (Phi) is 19.7. The maximum atomic E-state index is 5.34. The van der Waals surface area contributed by atoms with Crippen molar-refractivity contribution >= 4 is 28.9 Å². The van der Waals surface area contributed by atoms with Gasteiger partial charge in [0.25, 0.3) is 0 Å². The number of halogens is 2. The zero-order valence-corrected chi connectivity index (χ0v) is 16.5. The summed E-state index contributed by atoms with van der Waals surface area (Å²) in [5.41, 5.74) is 1.22. The van der Waals surface area contributed by atoms with Gasteiger partial charge in [0.15, 0.2) is 0 Å². The van der Waals surface area contributed by atoms with Gasteiger partial charge < -0.3 is 10.8 Å². The van der Waals surface area contributed by atoms with Crippen molar-refractivity contribution in [3.05, 3.63) is 42.2 Å². The molecule has 0 aliphatic heterocycles. The molecule has 0 saturated carbocycles. The van der Waals surface area contributed by atoms with E-state index in [4.69, 9.17) is 23.2 Å². The van der Waals surface area contributed by atoms with Crippen LogP contribution in [0.3, 0.4) is 0 Å². The minimum absolute atomic E-state index is 0. The first kappa shape index (κ1) is 25.2. The second-order valence-corrected chi connectivity index (χ2v) is 6.13. The maximum absolute atomic E-state index is 5.34. The Morgan fingerprint density at radius 3 is 1.45 bits per heavy atom. The summed E-state index contributed by atoms with van der Waals surface area (Å²) >= 11 is 10.7. The van der Waals surface area contributed by atoms with Crippen molar-refractivity contribution < 1.29 is 20.4 Å². The fourth-order valence-electron chi connectivity index (χ4n) is 0.676. The zero-order valence-electron chi connectivity index (χ0n) is 13.4. The topological polar surface area (TPSA) is 3.24 Å². The summed E-state index contributed by atoms with van der Waals surface area (Å²) in [5, 5.41) is 0. The third-order valence-corrected chi connectivity index (χ3v) is 2.53. The molecule has 0 aliphatic carbocycles. The van der Waals surface area contributed by atoms with Crippen LogP contribution in [0.2, 0.25) is 0 Å². The van der Waals surface area contributed by atoms with Gasteiger partial charge >= 0.3 is 20.4 Å². The summed E-state index contributed by atoms with van der Waals surface area (Å²) in [7, 11) is 4.05. The number of hydrogen-bond acceptors (Lipinski definition) is 1. The van der Waals surface area contributed by atoms with Gasteiger partial charge in [0, 0.05) is 14.1 Å². The third-order valence-electron chi connectivity index (χ3n) is 1.65. The van der Waals surface area contributed by atoms with Gasteiger partial charge in [-0.25, -0.2) is 0 Å². The van der Waals surface area contributed by atoms with E-state index in [0.717, 1.165) is 5.92 Å². The number of hydrogen-bond donors (Lipinski definition) is 0. The van der Waals surface area contributed by atoms with Gasteiger partial charge in [-0.2, -0.15) is 52.8 Å². The van der Waals surface area contributed by atoms with E-state index < -0.39 is 0 Å². The molecule has 20 heavy (non-hydrogen) atoms. The molecule has 1 aromatic carbocycles. The molecule has 1 aromatic rings. The van der Waals surface area contributed by atoms with E-state index in [2.05, 4.69) is 31.7 Å². The molecule has 0 aliphatic rings.